The molecular weight excluding hydrogens is 351 g/mol. The second-order valence-electron chi connectivity index (χ2n) is 5.53. The first-order valence-electron chi connectivity index (χ1n) is 7.12. The molecule has 0 aliphatic carbocycles. The molecule has 1 aromatic rings. The fraction of sp³-hybridized carbons (Fsp3) is 0.500. The number of aliphatic carboxylic acids is 1. The molecule has 24 heavy (non-hydrogen) atoms. The zero-order chi connectivity index (χ0) is 18.1. The number of hydrogen-bond acceptors (Lipinski definition) is 4. The predicted octanol–water partition coefficient (Wildman–Crippen LogP) is 2.46. The summed E-state index contributed by atoms with van der Waals surface area (Å²) in [6.45, 7) is 1.29. The molecule has 10 heteroatoms. The highest BCUT2D eigenvalue weighted by Gasteiger charge is 2.40. The molecule has 1 aliphatic rings. The van der Waals surface area contributed by atoms with Crippen LogP contribution in [0.5, 0.6) is 5.75 Å². The van der Waals surface area contributed by atoms with Crippen LogP contribution in [0.15, 0.2) is 29.2 Å². The molecule has 0 amide bonds. The zero-order valence-electron chi connectivity index (χ0n) is 12.7. The third-order valence-corrected chi connectivity index (χ3v) is 5.86. The summed E-state index contributed by atoms with van der Waals surface area (Å²) in [6, 6.07) is 3.89. The van der Waals surface area contributed by atoms with E-state index in [9.17, 15) is 26.4 Å². The van der Waals surface area contributed by atoms with Crippen molar-refractivity contribution >= 4 is 16.0 Å². The number of carboxylic acid groups (broad SMARTS) is 1. The lowest BCUT2D eigenvalue weighted by molar-refractivity contribution is -0.275. The minimum atomic E-state index is -5.04. The van der Waals surface area contributed by atoms with E-state index in [1.165, 1.54) is 12.1 Å². The Morgan fingerprint density at radius 3 is 2.50 bits per heavy atom. The Bertz CT molecular complexity index is 719. The van der Waals surface area contributed by atoms with Crippen molar-refractivity contribution in [1.29, 1.82) is 0 Å². The third-order valence-electron chi connectivity index (χ3n) is 3.84. The average Bonchev–Trinajstić information content (AvgIpc) is 2.46. The van der Waals surface area contributed by atoms with Gasteiger partial charge < -0.3 is 9.84 Å². The number of alkyl halides is 3. The second-order valence-corrected chi connectivity index (χ2v) is 7.39. The van der Waals surface area contributed by atoms with Crippen LogP contribution in [0.1, 0.15) is 19.8 Å². The quantitative estimate of drug-likeness (QED) is 0.884. The normalized spacial score (nSPS) is 23.0. The van der Waals surface area contributed by atoms with Crippen molar-refractivity contribution < 1.29 is 36.2 Å². The average molecular weight is 367 g/mol. The van der Waals surface area contributed by atoms with E-state index in [0.717, 1.165) is 16.4 Å². The maximum atomic E-state index is 12.8. The van der Waals surface area contributed by atoms with E-state index in [-0.39, 0.29) is 6.54 Å². The van der Waals surface area contributed by atoms with Gasteiger partial charge in [0, 0.05) is 12.6 Å². The van der Waals surface area contributed by atoms with Crippen LogP contribution in [0, 0.1) is 5.92 Å². The van der Waals surface area contributed by atoms with Crippen molar-refractivity contribution in [3.63, 3.8) is 0 Å². The lowest BCUT2D eigenvalue weighted by Gasteiger charge is -2.35. The lowest BCUT2D eigenvalue weighted by Crippen LogP contribution is -2.47. The molecule has 2 unspecified atom stereocenters. The number of piperidine rings is 1. The molecule has 0 bridgehead atoms. The zero-order valence-corrected chi connectivity index (χ0v) is 13.5. The summed E-state index contributed by atoms with van der Waals surface area (Å²) in [7, 11) is -4.34. The fourth-order valence-electron chi connectivity index (χ4n) is 2.61. The monoisotopic (exact) mass is 367 g/mol. The van der Waals surface area contributed by atoms with Gasteiger partial charge in [-0.1, -0.05) is 12.1 Å². The third kappa shape index (κ3) is 3.99. The van der Waals surface area contributed by atoms with Gasteiger partial charge in [0.2, 0.25) is 10.0 Å². The SMILES string of the molecule is CC1CCC(C(=O)O)CN1S(=O)(=O)c1ccccc1OC(F)(F)F. The minimum Gasteiger partial charge on any atom is -0.481 e. The highest BCUT2D eigenvalue weighted by molar-refractivity contribution is 7.89. The van der Waals surface area contributed by atoms with Crippen molar-refractivity contribution in [3.8, 4) is 5.75 Å². The van der Waals surface area contributed by atoms with Crippen molar-refractivity contribution in [3.05, 3.63) is 24.3 Å². The van der Waals surface area contributed by atoms with Crippen molar-refractivity contribution in [2.24, 2.45) is 5.92 Å². The van der Waals surface area contributed by atoms with E-state index >= 15 is 0 Å². The minimum absolute atomic E-state index is 0.292. The summed E-state index contributed by atoms with van der Waals surface area (Å²) >= 11 is 0. The van der Waals surface area contributed by atoms with E-state index in [2.05, 4.69) is 4.74 Å². The predicted molar refractivity (Wildman–Crippen MR) is 76.8 cm³/mol. The highest BCUT2D eigenvalue weighted by atomic mass is 32.2. The molecule has 0 saturated carbocycles. The van der Waals surface area contributed by atoms with Gasteiger partial charge in [0.25, 0.3) is 0 Å². The molecule has 2 atom stereocenters. The van der Waals surface area contributed by atoms with Crippen LogP contribution in [0.2, 0.25) is 0 Å². The van der Waals surface area contributed by atoms with Gasteiger partial charge >= 0.3 is 12.3 Å². The number of sulfonamides is 1. The van der Waals surface area contributed by atoms with Gasteiger partial charge in [0.05, 0.1) is 5.92 Å². The molecule has 1 N–H and O–H groups in total. The standard InChI is InChI=1S/C14H16F3NO5S/c1-9-6-7-10(13(19)20)8-18(9)24(21,22)12-5-3-2-4-11(12)23-14(15,16)17/h2-5,9-10H,6-8H2,1H3,(H,19,20). The number of ether oxygens (including phenoxy) is 1. The summed E-state index contributed by atoms with van der Waals surface area (Å²) in [5.41, 5.74) is 0. The number of hydrogen-bond donors (Lipinski definition) is 1. The van der Waals surface area contributed by atoms with Crippen LogP contribution in [0.4, 0.5) is 13.2 Å². The number of carbonyl (C=O) groups is 1. The summed E-state index contributed by atoms with van der Waals surface area (Å²) < 4.78 is 67.7. The van der Waals surface area contributed by atoms with Gasteiger partial charge in [0.15, 0.2) is 0 Å². The first kappa shape index (κ1) is 18.5. The maximum Gasteiger partial charge on any atom is 0.573 e. The van der Waals surface area contributed by atoms with Gasteiger partial charge in [-0.25, -0.2) is 8.42 Å². The summed E-state index contributed by atoms with van der Waals surface area (Å²) in [4.78, 5) is 10.5. The van der Waals surface area contributed by atoms with Crippen LogP contribution in [0.3, 0.4) is 0 Å². The van der Waals surface area contributed by atoms with E-state index < -0.39 is 45.0 Å². The lowest BCUT2D eigenvalue weighted by atomic mass is 9.96. The highest BCUT2D eigenvalue weighted by Crippen LogP contribution is 2.34. The number of rotatable bonds is 4. The van der Waals surface area contributed by atoms with Crippen molar-refractivity contribution in [2.45, 2.75) is 37.1 Å². The summed E-state index contributed by atoms with van der Waals surface area (Å²) in [5, 5.41) is 9.09. The largest absolute Gasteiger partial charge is 0.573 e. The Morgan fingerprint density at radius 2 is 1.92 bits per heavy atom. The number of halogens is 3. The molecule has 1 fully saturated rings. The molecular formula is C14H16F3NO5S. The first-order valence-corrected chi connectivity index (χ1v) is 8.56. The molecule has 1 heterocycles. The van der Waals surface area contributed by atoms with Crippen molar-refractivity contribution in [2.75, 3.05) is 6.54 Å². The first-order chi connectivity index (χ1) is 11.0. The smallest absolute Gasteiger partial charge is 0.481 e. The molecule has 1 saturated heterocycles. The topological polar surface area (TPSA) is 83.9 Å². The van der Waals surface area contributed by atoms with E-state index in [1.807, 2.05) is 0 Å². The van der Waals surface area contributed by atoms with Gasteiger partial charge in [0.1, 0.15) is 10.6 Å². The number of nitrogens with zero attached hydrogens (tertiary/aromatic N) is 1. The molecule has 6 nitrogen and oxygen atoms in total. The molecule has 1 aromatic carbocycles. The van der Waals surface area contributed by atoms with E-state index in [0.29, 0.717) is 12.8 Å². The van der Waals surface area contributed by atoms with Gasteiger partial charge in [-0.05, 0) is 31.9 Å². The van der Waals surface area contributed by atoms with Gasteiger partial charge in [-0.15, -0.1) is 13.2 Å². The number of para-hydroxylation sites is 1. The van der Waals surface area contributed by atoms with E-state index in [4.69, 9.17) is 5.11 Å². The molecule has 1 aliphatic heterocycles. The van der Waals surface area contributed by atoms with Crippen molar-refractivity contribution in [1.82, 2.24) is 4.31 Å². The molecule has 0 spiro atoms. The Balaban J connectivity index is 2.41. The molecule has 0 radical (unpaired) electrons. The Labute approximate surface area is 136 Å². The van der Waals surface area contributed by atoms with E-state index in [1.54, 1.807) is 6.92 Å². The number of benzene rings is 1. The van der Waals surface area contributed by atoms with Crippen LogP contribution in [-0.2, 0) is 14.8 Å². The summed E-state index contributed by atoms with van der Waals surface area (Å²) in [5.74, 6) is -2.87. The molecule has 0 aromatic heterocycles. The molecule has 2 rings (SSSR count). The maximum absolute atomic E-state index is 12.8. The van der Waals surface area contributed by atoms with Crippen LogP contribution in [-0.4, -0.2) is 42.7 Å². The number of carboxylic acids is 1. The van der Waals surface area contributed by atoms with Gasteiger partial charge in [-0.3, -0.25) is 4.79 Å². The fourth-order valence-corrected chi connectivity index (χ4v) is 4.43. The Kier molecular flexibility index (Phi) is 5.09. The van der Waals surface area contributed by atoms with Crippen LogP contribution in [0.25, 0.3) is 0 Å². The van der Waals surface area contributed by atoms with Gasteiger partial charge in [-0.2, -0.15) is 4.31 Å². The Morgan fingerprint density at radius 1 is 1.29 bits per heavy atom. The Hall–Kier alpha value is -1.81. The molecule has 134 valence electrons. The second kappa shape index (κ2) is 6.60. The van der Waals surface area contributed by atoms with Crippen LogP contribution < -0.4 is 4.74 Å². The summed E-state index contributed by atoms with van der Waals surface area (Å²) in [6.07, 6.45) is -4.43. The van der Waals surface area contributed by atoms with Crippen LogP contribution >= 0.6 is 0 Å².